The monoisotopic (exact) mass is 311 g/mol. The van der Waals surface area contributed by atoms with Crippen molar-refractivity contribution < 1.29 is 1.37 Å². The summed E-state index contributed by atoms with van der Waals surface area (Å²) >= 11 is 0. The maximum Gasteiger partial charge on any atom is 0.0667 e. The Bertz CT molecular complexity index is 1120. The third-order valence-corrected chi connectivity index (χ3v) is 3.96. The first kappa shape index (κ1) is 12.1. The summed E-state index contributed by atoms with van der Waals surface area (Å²) in [6.07, 6.45) is 7.90. The lowest BCUT2D eigenvalue weighted by molar-refractivity contribution is 1.28. The molecule has 0 amide bonds. The van der Waals surface area contributed by atoms with E-state index < -0.39 is 0 Å². The second-order valence-corrected chi connectivity index (χ2v) is 5.80. The SMILES string of the molecule is [2H]c1c2ccc(cc3nc(cc4nc(cc5ccc1[nH]5)C=C4)C=C3)[nH]2. The predicted octanol–water partition coefficient (Wildman–Crippen LogP) is 4.66. The summed E-state index contributed by atoms with van der Waals surface area (Å²) in [6, 6.07) is 14.1. The first-order chi connectivity index (χ1) is 12.2. The lowest BCUT2D eigenvalue weighted by Gasteiger charge is -1.86. The molecule has 0 spiro atoms. The second-order valence-electron chi connectivity index (χ2n) is 5.80. The van der Waals surface area contributed by atoms with Gasteiger partial charge in [0, 0.05) is 22.1 Å². The molecule has 3 aromatic heterocycles. The fourth-order valence-electron chi connectivity index (χ4n) is 2.86. The number of fused-ring (bicyclic) bond motifs is 8. The normalized spacial score (nSPS) is 13.2. The zero-order valence-electron chi connectivity index (χ0n) is 13.7. The van der Waals surface area contributed by atoms with E-state index in [1.54, 1.807) is 0 Å². The zero-order chi connectivity index (χ0) is 16.8. The maximum absolute atomic E-state index is 8.41. The molecule has 0 saturated carbocycles. The van der Waals surface area contributed by atoms with Gasteiger partial charge in [-0.2, -0.15) is 0 Å². The van der Waals surface area contributed by atoms with Crippen molar-refractivity contribution in [3.05, 3.63) is 71.3 Å². The van der Waals surface area contributed by atoms with Gasteiger partial charge in [-0.1, -0.05) is 0 Å². The smallest absolute Gasteiger partial charge is 0.0667 e. The number of hydrogen-bond donors (Lipinski definition) is 2. The Hall–Kier alpha value is -3.40. The Morgan fingerprint density at radius 1 is 0.583 bits per heavy atom. The van der Waals surface area contributed by atoms with Gasteiger partial charge in [0.05, 0.1) is 24.1 Å². The molecule has 0 fully saturated rings. The van der Waals surface area contributed by atoms with Gasteiger partial charge < -0.3 is 9.97 Å². The Kier molecular flexibility index (Phi) is 2.55. The number of nitrogens with zero attached hydrogens (tertiary/aromatic N) is 2. The van der Waals surface area contributed by atoms with Crippen molar-refractivity contribution in [3.8, 4) is 0 Å². The highest BCUT2D eigenvalue weighted by Gasteiger charge is 2.02. The van der Waals surface area contributed by atoms with Crippen molar-refractivity contribution in [1.82, 2.24) is 19.9 Å². The van der Waals surface area contributed by atoms with E-state index in [0.29, 0.717) is 6.04 Å². The van der Waals surface area contributed by atoms with Crippen LogP contribution in [0.5, 0.6) is 0 Å². The summed E-state index contributed by atoms with van der Waals surface area (Å²) in [7, 11) is 0. The van der Waals surface area contributed by atoms with Crippen LogP contribution >= 0.6 is 0 Å². The molecule has 5 heterocycles. The van der Waals surface area contributed by atoms with Crippen LogP contribution in [0.2, 0.25) is 0 Å². The molecule has 0 aliphatic carbocycles. The van der Waals surface area contributed by atoms with Crippen molar-refractivity contribution >= 4 is 46.4 Å². The average Bonchev–Trinajstić information content (AvgIpc) is 3.36. The molecule has 2 aliphatic rings. The van der Waals surface area contributed by atoms with E-state index in [0.717, 1.165) is 44.8 Å². The molecule has 0 radical (unpaired) electrons. The summed E-state index contributed by atoms with van der Waals surface area (Å²) in [5.74, 6) is 0. The molecule has 2 N–H and O–H groups in total. The summed E-state index contributed by atoms with van der Waals surface area (Å²) in [6.45, 7) is 0. The van der Waals surface area contributed by atoms with Crippen LogP contribution in [0.3, 0.4) is 0 Å². The number of rotatable bonds is 0. The summed E-state index contributed by atoms with van der Waals surface area (Å²) in [5, 5.41) is 0. The topological polar surface area (TPSA) is 57.4 Å². The zero-order valence-corrected chi connectivity index (χ0v) is 12.7. The van der Waals surface area contributed by atoms with Gasteiger partial charge in [0.2, 0.25) is 0 Å². The van der Waals surface area contributed by atoms with Crippen LogP contribution in [-0.4, -0.2) is 19.9 Å². The second kappa shape index (κ2) is 5.06. The van der Waals surface area contributed by atoms with Crippen molar-refractivity contribution in [2.24, 2.45) is 0 Å². The lowest BCUT2D eigenvalue weighted by atomic mass is 10.3. The van der Waals surface area contributed by atoms with E-state index in [1.165, 1.54) is 0 Å². The minimum absolute atomic E-state index is 0.423. The van der Waals surface area contributed by atoms with E-state index in [1.807, 2.05) is 66.8 Å². The quantitative estimate of drug-likeness (QED) is 0.437. The fourth-order valence-corrected chi connectivity index (χ4v) is 2.86. The highest BCUT2D eigenvalue weighted by Crippen LogP contribution is 2.17. The molecule has 3 aromatic rings. The molecule has 0 unspecified atom stereocenters. The van der Waals surface area contributed by atoms with Crippen LogP contribution in [-0.2, 0) is 0 Å². The molecule has 0 atom stereocenters. The van der Waals surface area contributed by atoms with Crippen molar-refractivity contribution in [1.29, 1.82) is 0 Å². The summed E-state index contributed by atoms with van der Waals surface area (Å²) in [5.41, 5.74) is 6.87. The Balaban J connectivity index is 1.88. The van der Waals surface area contributed by atoms with E-state index in [-0.39, 0.29) is 0 Å². The molecule has 0 aromatic carbocycles. The molecule has 5 rings (SSSR count). The Labute approximate surface area is 139 Å². The first-order valence-corrected chi connectivity index (χ1v) is 7.77. The van der Waals surface area contributed by atoms with Crippen LogP contribution in [0.15, 0.2) is 48.5 Å². The average molecular weight is 311 g/mol. The largest absolute Gasteiger partial charge is 0.355 e. The third kappa shape index (κ3) is 2.44. The maximum atomic E-state index is 8.41. The fraction of sp³-hybridized carbons (Fsp3) is 0. The number of aromatic amines is 2. The van der Waals surface area contributed by atoms with E-state index in [2.05, 4.69) is 19.9 Å². The first-order valence-electron chi connectivity index (χ1n) is 8.27. The van der Waals surface area contributed by atoms with Crippen molar-refractivity contribution in [2.75, 3.05) is 0 Å². The third-order valence-electron chi connectivity index (χ3n) is 3.96. The highest BCUT2D eigenvalue weighted by atomic mass is 14.8. The van der Waals surface area contributed by atoms with Crippen LogP contribution in [0.25, 0.3) is 46.4 Å². The molecule has 114 valence electrons. The standard InChI is InChI=1S/C20H14N4/c1-2-14-10-16-5-6-18(23-16)12-20-8-7-19(24-20)11-17-4-3-15(22-17)9-13(1)21-14/h1-12,21-22H/i9D. The number of aromatic nitrogens is 4. The molecule has 24 heavy (non-hydrogen) atoms. The minimum atomic E-state index is 0.423. The Morgan fingerprint density at radius 3 is 1.50 bits per heavy atom. The van der Waals surface area contributed by atoms with Gasteiger partial charge >= 0.3 is 0 Å². The van der Waals surface area contributed by atoms with E-state index >= 15 is 0 Å². The van der Waals surface area contributed by atoms with Crippen LogP contribution in [0.1, 0.15) is 24.1 Å². The van der Waals surface area contributed by atoms with Gasteiger partial charge in [0.15, 0.2) is 0 Å². The molecular formula is C20H14N4. The van der Waals surface area contributed by atoms with E-state index in [9.17, 15) is 0 Å². The molecule has 0 saturated heterocycles. The number of hydrogen-bond acceptors (Lipinski definition) is 2. The van der Waals surface area contributed by atoms with Gasteiger partial charge in [-0.25, -0.2) is 9.97 Å². The van der Waals surface area contributed by atoms with Gasteiger partial charge in [-0.15, -0.1) is 0 Å². The van der Waals surface area contributed by atoms with Gasteiger partial charge in [-0.05, 0) is 72.8 Å². The molecular weight excluding hydrogens is 296 g/mol. The number of H-pyrrole nitrogens is 2. The van der Waals surface area contributed by atoms with Crippen LogP contribution in [0.4, 0.5) is 0 Å². The summed E-state index contributed by atoms with van der Waals surface area (Å²) in [4.78, 5) is 15.7. The van der Waals surface area contributed by atoms with Crippen LogP contribution in [0, 0.1) is 0 Å². The van der Waals surface area contributed by atoms with Crippen molar-refractivity contribution in [2.45, 2.75) is 0 Å². The predicted molar refractivity (Wildman–Crippen MR) is 98.9 cm³/mol. The van der Waals surface area contributed by atoms with Gasteiger partial charge in [-0.3, -0.25) is 0 Å². The van der Waals surface area contributed by atoms with Crippen LogP contribution < -0.4 is 0 Å². The van der Waals surface area contributed by atoms with Gasteiger partial charge in [0.1, 0.15) is 0 Å². The summed E-state index contributed by atoms with van der Waals surface area (Å²) < 4.78 is 8.41. The Morgan fingerprint density at radius 2 is 1.00 bits per heavy atom. The molecule has 8 bridgehead atoms. The lowest BCUT2D eigenvalue weighted by Crippen LogP contribution is -1.77. The van der Waals surface area contributed by atoms with Crippen molar-refractivity contribution in [3.63, 3.8) is 0 Å². The van der Waals surface area contributed by atoms with Gasteiger partial charge in [0.25, 0.3) is 0 Å². The molecule has 4 nitrogen and oxygen atoms in total. The molecule has 4 heteroatoms. The molecule has 2 aliphatic heterocycles. The number of nitrogens with one attached hydrogen (secondary N) is 2. The van der Waals surface area contributed by atoms with E-state index in [4.69, 9.17) is 1.37 Å². The highest BCUT2D eigenvalue weighted by molar-refractivity contribution is 5.77. The minimum Gasteiger partial charge on any atom is -0.355 e.